The monoisotopic (exact) mass is 500 g/mol. The van der Waals surface area contributed by atoms with Gasteiger partial charge in [-0.15, -0.1) is 0 Å². The summed E-state index contributed by atoms with van der Waals surface area (Å²) in [7, 11) is 0. The van der Waals surface area contributed by atoms with Gasteiger partial charge in [-0.25, -0.2) is 0 Å². The van der Waals surface area contributed by atoms with E-state index in [9.17, 15) is 14.4 Å². The molecule has 0 aliphatic carbocycles. The highest BCUT2D eigenvalue weighted by Crippen LogP contribution is 2.35. The molecule has 2 amide bonds. The fraction of sp³-hybridized carbons (Fsp3) is 0.0769. The number of amides is 2. The van der Waals surface area contributed by atoms with E-state index in [1.165, 1.54) is 16.7 Å². The summed E-state index contributed by atoms with van der Waals surface area (Å²) in [5.74, 6) is -0.326. The highest BCUT2D eigenvalue weighted by atomic mass is 32.2. The highest BCUT2D eigenvalue weighted by molar-refractivity contribution is 8.26. The molecular weight excluding hydrogens is 484 g/mol. The number of ketones is 1. The Labute approximate surface area is 208 Å². The minimum absolute atomic E-state index is 0.153. The largest absolute Gasteiger partial charge is 0.482 e. The van der Waals surface area contributed by atoms with Crippen LogP contribution in [0.3, 0.4) is 0 Å². The molecule has 1 fully saturated rings. The summed E-state index contributed by atoms with van der Waals surface area (Å²) in [5.41, 5.74) is 2.97. The van der Waals surface area contributed by atoms with E-state index in [0.717, 1.165) is 16.4 Å². The number of carbonyl (C=O) groups excluding carboxylic acids is 3. The Bertz CT molecular complexity index is 1620. The lowest BCUT2D eigenvalue weighted by atomic mass is 10.1. The topological polar surface area (TPSA) is 88.9 Å². The average molecular weight is 501 g/mol. The normalized spacial score (nSPS) is 16.6. The molecular formula is C26H16N2O5S2. The molecule has 9 heteroatoms. The number of benzene rings is 3. The van der Waals surface area contributed by atoms with E-state index in [1.54, 1.807) is 36.4 Å². The quantitative estimate of drug-likeness (QED) is 0.247. The van der Waals surface area contributed by atoms with E-state index in [1.807, 2.05) is 30.3 Å². The van der Waals surface area contributed by atoms with Gasteiger partial charge in [-0.05, 0) is 42.0 Å². The smallest absolute Gasteiger partial charge is 0.265 e. The third-order valence-corrected chi connectivity index (χ3v) is 7.03. The van der Waals surface area contributed by atoms with E-state index < -0.39 is 0 Å². The molecule has 0 bridgehead atoms. The second-order valence-corrected chi connectivity index (χ2v) is 9.80. The molecule has 172 valence electrons. The van der Waals surface area contributed by atoms with Crippen LogP contribution in [-0.2, 0) is 9.59 Å². The molecule has 1 N–H and O–H groups in total. The number of hydrogen-bond donors (Lipinski definition) is 1. The molecule has 35 heavy (non-hydrogen) atoms. The van der Waals surface area contributed by atoms with E-state index in [2.05, 4.69) is 5.32 Å². The first-order chi connectivity index (χ1) is 17.0. The van der Waals surface area contributed by atoms with Gasteiger partial charge < -0.3 is 14.5 Å². The number of nitrogens with one attached hydrogen (secondary N) is 1. The number of Topliss-reactive ketones (excluding diaryl/α,β-unsaturated/α-hetero) is 1. The van der Waals surface area contributed by atoms with Crippen LogP contribution in [0.2, 0.25) is 0 Å². The van der Waals surface area contributed by atoms with Crippen LogP contribution in [0.4, 0.5) is 5.69 Å². The molecule has 4 aromatic rings. The number of fused-ring (bicyclic) bond motifs is 4. The maximum Gasteiger partial charge on any atom is 0.265 e. The Kier molecular flexibility index (Phi) is 5.16. The van der Waals surface area contributed by atoms with E-state index >= 15 is 0 Å². The summed E-state index contributed by atoms with van der Waals surface area (Å²) in [6, 6.07) is 18.2. The van der Waals surface area contributed by atoms with Crippen LogP contribution in [0.1, 0.15) is 15.9 Å². The molecule has 2 aliphatic heterocycles. The Balaban J connectivity index is 1.31. The number of hydrogen-bond acceptors (Lipinski definition) is 7. The van der Waals surface area contributed by atoms with Crippen LogP contribution in [0.5, 0.6) is 5.75 Å². The Morgan fingerprint density at radius 1 is 1.06 bits per heavy atom. The average Bonchev–Trinajstić information content (AvgIpc) is 3.38. The standard InChI is InChI=1S/C26H16N2O5S2/c29-19(15-6-7-17-16-3-1-2-4-20(16)33-22(17)11-15)12-28-18-9-14(5-8-21(18)32-13-24(28)30)10-23-25(31)27-26(34)35-23/h1-11H,12-13H2,(H,27,31,34). The van der Waals surface area contributed by atoms with Gasteiger partial charge in [0.1, 0.15) is 21.2 Å². The maximum absolute atomic E-state index is 13.2. The first-order valence-corrected chi connectivity index (χ1v) is 12.0. The number of carbonyl (C=O) groups is 3. The van der Waals surface area contributed by atoms with Gasteiger partial charge in [-0.1, -0.05) is 54.3 Å². The Morgan fingerprint density at radius 2 is 1.89 bits per heavy atom. The highest BCUT2D eigenvalue weighted by Gasteiger charge is 2.29. The van der Waals surface area contributed by atoms with Gasteiger partial charge in [0.05, 0.1) is 17.1 Å². The number of thioether (sulfide) groups is 1. The lowest BCUT2D eigenvalue weighted by molar-refractivity contribution is -0.121. The van der Waals surface area contributed by atoms with Gasteiger partial charge in [-0.3, -0.25) is 19.3 Å². The third-order valence-electron chi connectivity index (χ3n) is 5.87. The van der Waals surface area contributed by atoms with Crippen molar-refractivity contribution in [1.29, 1.82) is 0 Å². The van der Waals surface area contributed by atoms with Crippen molar-refractivity contribution in [2.45, 2.75) is 0 Å². The van der Waals surface area contributed by atoms with Gasteiger partial charge in [0.25, 0.3) is 11.8 Å². The van der Waals surface area contributed by atoms with Gasteiger partial charge in [0.2, 0.25) is 0 Å². The van der Waals surface area contributed by atoms with Gasteiger partial charge in [-0.2, -0.15) is 0 Å². The molecule has 6 rings (SSSR count). The van der Waals surface area contributed by atoms with Crippen molar-refractivity contribution in [3.8, 4) is 5.75 Å². The molecule has 3 aromatic carbocycles. The van der Waals surface area contributed by atoms with Crippen molar-refractivity contribution in [3.05, 3.63) is 76.7 Å². The zero-order valence-electron chi connectivity index (χ0n) is 18.1. The fourth-order valence-electron chi connectivity index (χ4n) is 4.19. The minimum atomic E-state index is -0.324. The van der Waals surface area contributed by atoms with Crippen LogP contribution in [-0.4, -0.2) is 35.1 Å². The molecule has 1 aromatic heterocycles. The van der Waals surface area contributed by atoms with Crippen molar-refractivity contribution in [3.63, 3.8) is 0 Å². The van der Waals surface area contributed by atoms with Crippen molar-refractivity contribution in [1.82, 2.24) is 5.32 Å². The molecule has 7 nitrogen and oxygen atoms in total. The molecule has 3 heterocycles. The zero-order valence-corrected chi connectivity index (χ0v) is 19.7. The van der Waals surface area contributed by atoms with Crippen LogP contribution >= 0.6 is 24.0 Å². The number of ether oxygens (including phenoxy) is 1. The van der Waals surface area contributed by atoms with Crippen molar-refractivity contribution in [2.75, 3.05) is 18.1 Å². The second kappa shape index (κ2) is 8.37. The minimum Gasteiger partial charge on any atom is -0.482 e. The number of para-hydroxylation sites is 1. The Hall–Kier alpha value is -3.95. The molecule has 0 spiro atoms. The maximum atomic E-state index is 13.2. The van der Waals surface area contributed by atoms with Gasteiger partial charge in [0, 0.05) is 16.3 Å². The molecule has 0 unspecified atom stereocenters. The molecule has 1 saturated heterocycles. The fourth-order valence-corrected chi connectivity index (χ4v) is 5.23. The van der Waals surface area contributed by atoms with Crippen LogP contribution in [0, 0.1) is 0 Å². The molecule has 0 radical (unpaired) electrons. The first kappa shape index (κ1) is 21.6. The van der Waals surface area contributed by atoms with Crippen LogP contribution in [0.15, 0.2) is 70.0 Å². The number of anilines is 1. The zero-order chi connectivity index (χ0) is 24.1. The lowest BCUT2D eigenvalue weighted by Gasteiger charge is -2.29. The Morgan fingerprint density at radius 3 is 2.71 bits per heavy atom. The van der Waals surface area contributed by atoms with E-state index in [-0.39, 0.29) is 30.7 Å². The molecule has 0 atom stereocenters. The van der Waals surface area contributed by atoms with Crippen LogP contribution < -0.4 is 15.0 Å². The third kappa shape index (κ3) is 3.88. The van der Waals surface area contributed by atoms with E-state index in [0.29, 0.717) is 37.4 Å². The van der Waals surface area contributed by atoms with E-state index in [4.69, 9.17) is 21.4 Å². The second-order valence-electron chi connectivity index (χ2n) is 8.08. The predicted molar refractivity (Wildman–Crippen MR) is 139 cm³/mol. The summed E-state index contributed by atoms with van der Waals surface area (Å²) in [4.78, 5) is 39.8. The summed E-state index contributed by atoms with van der Waals surface area (Å²) in [6.45, 7) is -0.309. The summed E-state index contributed by atoms with van der Waals surface area (Å²) in [6.07, 6.45) is 1.69. The summed E-state index contributed by atoms with van der Waals surface area (Å²) >= 11 is 6.21. The van der Waals surface area contributed by atoms with Crippen molar-refractivity contribution in [2.24, 2.45) is 0 Å². The van der Waals surface area contributed by atoms with Gasteiger partial charge >= 0.3 is 0 Å². The molecule has 0 saturated carbocycles. The summed E-state index contributed by atoms with van der Waals surface area (Å²) < 4.78 is 11.9. The number of thiocarbonyl (C=S) groups is 1. The van der Waals surface area contributed by atoms with Crippen LogP contribution in [0.25, 0.3) is 28.0 Å². The van der Waals surface area contributed by atoms with Crippen molar-refractivity contribution < 1.29 is 23.5 Å². The summed E-state index contributed by atoms with van der Waals surface area (Å²) in [5, 5.41) is 4.48. The van der Waals surface area contributed by atoms with Gasteiger partial charge in [0.15, 0.2) is 12.4 Å². The number of rotatable bonds is 4. The van der Waals surface area contributed by atoms with Crippen molar-refractivity contribution >= 4 is 79.6 Å². The number of nitrogens with zero attached hydrogens (tertiary/aromatic N) is 1. The number of furan rings is 1. The molecule has 2 aliphatic rings. The first-order valence-electron chi connectivity index (χ1n) is 10.7. The predicted octanol–water partition coefficient (Wildman–Crippen LogP) is 4.68. The SMILES string of the molecule is O=C1NC(=S)SC1=Cc1ccc2c(c1)N(CC(=O)c1ccc3c(c1)oc1ccccc13)C(=O)CO2. The lowest BCUT2D eigenvalue weighted by Crippen LogP contribution is -2.42.